The minimum Gasteiger partial charge on any atom is -0.409 e. The number of carbonyl (C=O) groups is 1. The molecule has 1 saturated heterocycles. The number of hydrogen-bond acceptors (Lipinski definition) is 5. The topological polar surface area (TPSA) is 80.1 Å². The summed E-state index contributed by atoms with van der Waals surface area (Å²) < 4.78 is 11.2. The maximum atomic E-state index is 12.7. The molecule has 0 unspecified atom stereocenters. The summed E-state index contributed by atoms with van der Waals surface area (Å²) in [4.78, 5) is 12.9. The first-order chi connectivity index (χ1) is 12.2. The Morgan fingerprint density at radius 3 is 2.76 bits per heavy atom. The molecule has 1 aromatic heterocycles. The molecule has 3 fully saturated rings. The molecule has 2 saturated carbocycles. The highest BCUT2D eigenvalue weighted by Gasteiger charge is 2.66. The van der Waals surface area contributed by atoms with Crippen LogP contribution in [0.2, 0.25) is 0 Å². The first kappa shape index (κ1) is 15.3. The molecule has 2 aromatic rings. The lowest BCUT2D eigenvalue weighted by molar-refractivity contribution is -0.172. The quantitative estimate of drug-likeness (QED) is 0.825. The third-order valence-corrected chi connectivity index (χ3v) is 6.33. The number of hydrogen-bond donors (Lipinski definition) is 2. The molecule has 3 aliphatic rings. The van der Waals surface area contributed by atoms with E-state index in [0.717, 1.165) is 18.6 Å². The molecule has 3 atom stereocenters. The van der Waals surface area contributed by atoms with Gasteiger partial charge in [0.15, 0.2) is 0 Å². The van der Waals surface area contributed by atoms with Crippen LogP contribution < -0.4 is 5.32 Å². The van der Waals surface area contributed by atoms with E-state index >= 15 is 0 Å². The van der Waals surface area contributed by atoms with Gasteiger partial charge in [0.05, 0.1) is 6.10 Å². The molecule has 6 nitrogen and oxygen atoms in total. The van der Waals surface area contributed by atoms with Crippen molar-refractivity contribution in [1.82, 2.24) is 15.5 Å². The maximum absolute atomic E-state index is 12.7. The minimum atomic E-state index is -0.0175. The van der Waals surface area contributed by atoms with E-state index in [9.17, 15) is 4.79 Å². The van der Waals surface area contributed by atoms with E-state index in [2.05, 4.69) is 15.5 Å². The Morgan fingerprint density at radius 2 is 2.12 bits per heavy atom. The van der Waals surface area contributed by atoms with E-state index in [1.165, 1.54) is 19.3 Å². The predicted molar refractivity (Wildman–Crippen MR) is 92.5 cm³/mol. The zero-order valence-corrected chi connectivity index (χ0v) is 14.5. The molecule has 2 N–H and O–H groups in total. The number of H-pyrrole nitrogens is 1. The number of fused-ring (bicyclic) bond motifs is 2. The number of amides is 1. The molecule has 1 aromatic carbocycles. The Morgan fingerprint density at radius 1 is 1.32 bits per heavy atom. The number of carbonyl (C=O) groups excluding carboxylic acids is 1. The van der Waals surface area contributed by atoms with Crippen LogP contribution >= 0.6 is 12.2 Å². The van der Waals surface area contributed by atoms with Gasteiger partial charge in [-0.3, -0.25) is 4.79 Å². The Kier molecular flexibility index (Phi) is 3.36. The van der Waals surface area contributed by atoms with Crippen molar-refractivity contribution in [2.24, 2.45) is 11.3 Å². The Balaban J connectivity index is 1.32. The molecule has 1 amide bonds. The molecule has 2 heterocycles. The number of aromatic amines is 1. The van der Waals surface area contributed by atoms with Gasteiger partial charge in [0, 0.05) is 35.1 Å². The van der Waals surface area contributed by atoms with Gasteiger partial charge in [0.1, 0.15) is 0 Å². The largest absolute Gasteiger partial charge is 0.409 e. The van der Waals surface area contributed by atoms with E-state index in [4.69, 9.17) is 21.4 Å². The van der Waals surface area contributed by atoms with Crippen molar-refractivity contribution >= 4 is 18.1 Å². The van der Waals surface area contributed by atoms with Crippen molar-refractivity contribution in [1.29, 1.82) is 0 Å². The van der Waals surface area contributed by atoms with E-state index in [0.29, 0.717) is 23.5 Å². The number of aromatic nitrogens is 2. The molecule has 7 heteroatoms. The summed E-state index contributed by atoms with van der Waals surface area (Å²) in [5.41, 5.74) is 1.63. The molecule has 1 spiro atoms. The monoisotopic (exact) mass is 357 g/mol. The van der Waals surface area contributed by atoms with Crippen molar-refractivity contribution in [3.05, 3.63) is 34.7 Å². The summed E-state index contributed by atoms with van der Waals surface area (Å²) in [5, 5.41) is 9.87. The van der Waals surface area contributed by atoms with E-state index in [-0.39, 0.29) is 22.2 Å². The number of rotatable bonds is 3. The van der Waals surface area contributed by atoms with Gasteiger partial charge in [-0.1, -0.05) is 6.42 Å². The second kappa shape index (κ2) is 5.51. The Bertz CT molecular complexity index is 868. The summed E-state index contributed by atoms with van der Waals surface area (Å²) >= 11 is 4.88. The van der Waals surface area contributed by atoms with E-state index in [1.54, 1.807) is 12.1 Å². The summed E-state index contributed by atoms with van der Waals surface area (Å²) in [6.07, 6.45) is 5.00. The molecular formula is C18H19N3O3S. The molecule has 1 aliphatic heterocycles. The van der Waals surface area contributed by atoms with E-state index < -0.39 is 0 Å². The average Bonchev–Trinajstić information content (AvgIpc) is 3.19. The lowest BCUT2D eigenvalue weighted by Gasteiger charge is -2.63. The fraction of sp³-hybridized carbons (Fsp3) is 0.500. The van der Waals surface area contributed by atoms with Crippen LogP contribution in [-0.4, -0.2) is 34.9 Å². The normalized spacial score (nSPS) is 28.9. The first-order valence-electron chi connectivity index (χ1n) is 8.76. The van der Waals surface area contributed by atoms with Crippen LogP contribution in [0.4, 0.5) is 0 Å². The van der Waals surface area contributed by atoms with Crippen LogP contribution in [-0.2, 0) is 4.74 Å². The van der Waals surface area contributed by atoms with E-state index in [1.807, 2.05) is 12.1 Å². The Hall–Kier alpha value is -1.99. The van der Waals surface area contributed by atoms with Gasteiger partial charge in [-0.2, -0.15) is 0 Å². The van der Waals surface area contributed by atoms with Gasteiger partial charge in [0.25, 0.3) is 10.7 Å². The van der Waals surface area contributed by atoms with Crippen LogP contribution in [0, 0.1) is 16.2 Å². The number of nitrogens with zero attached hydrogens (tertiary/aromatic N) is 1. The van der Waals surface area contributed by atoms with Gasteiger partial charge < -0.3 is 14.5 Å². The van der Waals surface area contributed by atoms with Crippen molar-refractivity contribution in [3.63, 3.8) is 0 Å². The smallest absolute Gasteiger partial charge is 0.284 e. The maximum Gasteiger partial charge on any atom is 0.284 e. The summed E-state index contributed by atoms with van der Waals surface area (Å²) in [5.74, 6) is 0.892. The highest BCUT2D eigenvalue weighted by molar-refractivity contribution is 7.71. The van der Waals surface area contributed by atoms with Crippen LogP contribution in [0.3, 0.4) is 0 Å². The van der Waals surface area contributed by atoms with Crippen molar-refractivity contribution in [3.8, 4) is 11.5 Å². The summed E-state index contributed by atoms with van der Waals surface area (Å²) in [6, 6.07) is 7.50. The zero-order valence-electron chi connectivity index (χ0n) is 13.7. The molecule has 5 rings (SSSR count). The lowest BCUT2D eigenvalue weighted by atomic mass is 9.46. The van der Waals surface area contributed by atoms with Crippen LogP contribution in [0.5, 0.6) is 0 Å². The average molecular weight is 357 g/mol. The van der Waals surface area contributed by atoms with Crippen molar-refractivity contribution < 1.29 is 13.9 Å². The number of ether oxygens (including phenoxy) is 1. The first-order valence-corrected chi connectivity index (χ1v) is 9.17. The van der Waals surface area contributed by atoms with Gasteiger partial charge in [-0.15, -0.1) is 5.10 Å². The summed E-state index contributed by atoms with van der Waals surface area (Å²) in [7, 11) is 0. The van der Waals surface area contributed by atoms with Crippen molar-refractivity contribution in [2.45, 2.75) is 37.8 Å². The second-order valence-corrected chi connectivity index (χ2v) is 7.65. The zero-order chi connectivity index (χ0) is 17.0. The highest BCUT2D eigenvalue weighted by atomic mass is 32.1. The fourth-order valence-electron chi connectivity index (χ4n) is 4.80. The van der Waals surface area contributed by atoms with Gasteiger partial charge in [-0.05, 0) is 55.7 Å². The molecule has 0 bridgehead atoms. The third-order valence-electron chi connectivity index (χ3n) is 6.15. The van der Waals surface area contributed by atoms with Crippen LogP contribution in [0.1, 0.15) is 36.0 Å². The predicted octanol–water partition coefficient (Wildman–Crippen LogP) is 3.09. The fourth-order valence-corrected chi connectivity index (χ4v) is 4.92. The molecule has 25 heavy (non-hydrogen) atoms. The lowest BCUT2D eigenvalue weighted by Crippen LogP contribution is -2.71. The van der Waals surface area contributed by atoms with Crippen LogP contribution in [0.25, 0.3) is 11.5 Å². The summed E-state index contributed by atoms with van der Waals surface area (Å²) in [6.45, 7) is 0.830. The van der Waals surface area contributed by atoms with Crippen LogP contribution in [0.15, 0.2) is 28.7 Å². The molecular weight excluding hydrogens is 338 g/mol. The Labute approximate surface area is 150 Å². The molecule has 0 radical (unpaired) electrons. The molecule has 130 valence electrons. The highest BCUT2D eigenvalue weighted by Crippen LogP contribution is 2.62. The number of nitrogens with one attached hydrogen (secondary N) is 2. The second-order valence-electron chi connectivity index (χ2n) is 7.28. The van der Waals surface area contributed by atoms with Gasteiger partial charge in [-0.25, -0.2) is 5.10 Å². The minimum absolute atomic E-state index is 0.0175. The van der Waals surface area contributed by atoms with Gasteiger partial charge in [0.2, 0.25) is 5.89 Å². The third kappa shape index (κ3) is 2.22. The molecule has 2 aliphatic carbocycles. The van der Waals surface area contributed by atoms with Gasteiger partial charge >= 0.3 is 0 Å². The SMILES string of the molecule is O=C(N[C@@H]1[C@@H]2CCO[C@@H]2C12CCC2)c1ccc(-c2n[nH]c(=S)o2)cc1. The standard InChI is InChI=1S/C18H19N3O3S/c22-15(10-2-4-11(5-3-10)16-20-21-17(25)24-16)19-13-12-6-9-23-14(12)18(13)7-1-8-18/h2-5,12-14H,1,6-9H2,(H,19,22)(H,21,25)/t12-,13+,14-/m0/s1. The number of benzene rings is 1. The van der Waals surface area contributed by atoms with Crippen molar-refractivity contribution in [2.75, 3.05) is 6.61 Å².